The second-order valence-corrected chi connectivity index (χ2v) is 5.31. The lowest BCUT2D eigenvalue weighted by atomic mass is 10.2. The molecule has 1 heterocycles. The van der Waals surface area contributed by atoms with Crippen LogP contribution in [0.4, 0.5) is 0 Å². The number of halogens is 1. The number of methoxy groups -OCH3 is 1. The molecule has 3 aromatic rings. The van der Waals surface area contributed by atoms with Crippen LogP contribution in [0.15, 0.2) is 42.5 Å². The minimum atomic E-state index is 0.642. The van der Waals surface area contributed by atoms with Gasteiger partial charge >= 0.3 is 0 Å². The Balaban J connectivity index is 2.13. The van der Waals surface area contributed by atoms with Crippen molar-refractivity contribution in [3.8, 4) is 5.75 Å². The molecule has 0 amide bonds. The maximum atomic E-state index is 6.08. The Morgan fingerprint density at radius 3 is 2.85 bits per heavy atom. The molecule has 0 fully saturated rings. The van der Waals surface area contributed by atoms with Gasteiger partial charge in [0.2, 0.25) is 0 Å². The predicted octanol–water partition coefficient (Wildman–Crippen LogP) is 4.41. The Hall–Kier alpha value is -1.78. The Morgan fingerprint density at radius 1 is 1.25 bits per heavy atom. The molecular weight excluding hydrogens is 292 g/mol. The van der Waals surface area contributed by atoms with E-state index in [1.807, 2.05) is 47.0 Å². The minimum Gasteiger partial charge on any atom is -0.496 e. The zero-order valence-corrected chi connectivity index (χ0v) is 12.5. The number of hydrogen-bond acceptors (Lipinski definition) is 2. The summed E-state index contributed by atoms with van der Waals surface area (Å²) >= 11 is 11.5. The summed E-state index contributed by atoms with van der Waals surface area (Å²) in [5.74, 6) is 0.853. The summed E-state index contributed by atoms with van der Waals surface area (Å²) in [5.41, 5.74) is 3.05. The topological polar surface area (TPSA) is 29.9 Å². The molecule has 3 rings (SSSR count). The zero-order chi connectivity index (χ0) is 14.1. The molecule has 5 heteroatoms. The van der Waals surface area contributed by atoms with Crippen LogP contribution < -0.4 is 4.74 Å². The number of ether oxygens (including phenoxy) is 1. The smallest absolute Gasteiger partial charge is 0.178 e. The molecule has 1 aromatic heterocycles. The molecule has 0 aliphatic carbocycles. The molecule has 0 aliphatic heterocycles. The highest BCUT2D eigenvalue weighted by Gasteiger charge is 2.08. The van der Waals surface area contributed by atoms with Gasteiger partial charge in [0.15, 0.2) is 4.77 Å². The molecule has 0 bridgehead atoms. The van der Waals surface area contributed by atoms with E-state index in [1.54, 1.807) is 7.11 Å². The van der Waals surface area contributed by atoms with Crippen molar-refractivity contribution in [2.45, 2.75) is 6.54 Å². The zero-order valence-electron chi connectivity index (χ0n) is 10.9. The van der Waals surface area contributed by atoms with Crippen molar-refractivity contribution < 1.29 is 4.74 Å². The number of hydrogen-bond donors (Lipinski definition) is 1. The maximum Gasteiger partial charge on any atom is 0.178 e. The third-order valence-corrected chi connectivity index (χ3v) is 3.82. The Labute approximate surface area is 126 Å². The highest BCUT2D eigenvalue weighted by molar-refractivity contribution is 7.71. The summed E-state index contributed by atoms with van der Waals surface area (Å²) in [7, 11) is 1.67. The number of aromatic nitrogens is 2. The highest BCUT2D eigenvalue weighted by Crippen LogP contribution is 2.23. The van der Waals surface area contributed by atoms with Crippen molar-refractivity contribution in [3.63, 3.8) is 0 Å². The normalized spacial score (nSPS) is 10.9. The fraction of sp³-hybridized carbons (Fsp3) is 0.133. The average Bonchev–Trinajstić information content (AvgIpc) is 2.76. The van der Waals surface area contributed by atoms with Crippen LogP contribution in [-0.2, 0) is 6.54 Å². The minimum absolute atomic E-state index is 0.642. The molecule has 0 saturated heterocycles. The Morgan fingerprint density at radius 2 is 2.05 bits per heavy atom. The van der Waals surface area contributed by atoms with E-state index in [4.69, 9.17) is 28.6 Å². The summed E-state index contributed by atoms with van der Waals surface area (Å²) < 4.78 is 8.08. The molecule has 102 valence electrons. The molecule has 3 nitrogen and oxygen atoms in total. The number of rotatable bonds is 3. The second-order valence-electron chi connectivity index (χ2n) is 4.49. The molecule has 0 saturated carbocycles. The number of aromatic amines is 1. The number of nitrogens with one attached hydrogen (secondary N) is 1. The molecule has 2 aromatic carbocycles. The van der Waals surface area contributed by atoms with Crippen LogP contribution in [0.5, 0.6) is 5.75 Å². The van der Waals surface area contributed by atoms with Crippen molar-refractivity contribution in [1.29, 1.82) is 0 Å². The first-order chi connectivity index (χ1) is 9.69. The largest absolute Gasteiger partial charge is 0.496 e. The lowest BCUT2D eigenvalue weighted by molar-refractivity contribution is 0.408. The quantitative estimate of drug-likeness (QED) is 0.726. The third-order valence-electron chi connectivity index (χ3n) is 3.26. The van der Waals surface area contributed by atoms with Gasteiger partial charge in [0.1, 0.15) is 5.75 Å². The van der Waals surface area contributed by atoms with Gasteiger partial charge in [-0.3, -0.25) is 0 Å². The van der Waals surface area contributed by atoms with Crippen LogP contribution in [0.3, 0.4) is 0 Å². The summed E-state index contributed by atoms with van der Waals surface area (Å²) in [4.78, 5) is 3.19. The molecular formula is C15H13ClN2OS. The molecule has 20 heavy (non-hydrogen) atoms. The van der Waals surface area contributed by atoms with E-state index in [1.165, 1.54) is 0 Å². The van der Waals surface area contributed by atoms with Crippen LogP contribution in [-0.4, -0.2) is 16.7 Å². The van der Waals surface area contributed by atoms with Crippen molar-refractivity contribution in [3.05, 3.63) is 57.8 Å². The SMILES string of the molecule is COc1ccccc1Cn1c(=S)[nH]c2ccc(Cl)cc21. The third kappa shape index (κ3) is 2.32. The highest BCUT2D eigenvalue weighted by atomic mass is 35.5. The number of H-pyrrole nitrogens is 1. The van der Waals surface area contributed by atoms with Gasteiger partial charge < -0.3 is 14.3 Å². The second kappa shape index (κ2) is 5.31. The van der Waals surface area contributed by atoms with Gasteiger partial charge in [-0.25, -0.2) is 0 Å². The summed E-state index contributed by atoms with van der Waals surface area (Å²) in [5, 5.41) is 0.695. The van der Waals surface area contributed by atoms with Gasteiger partial charge in [-0.05, 0) is 36.5 Å². The first-order valence-corrected chi connectivity index (χ1v) is 6.97. The van der Waals surface area contributed by atoms with Crippen molar-refractivity contribution in [1.82, 2.24) is 9.55 Å². The van der Waals surface area contributed by atoms with Crippen LogP contribution >= 0.6 is 23.8 Å². The number of para-hydroxylation sites is 1. The van der Waals surface area contributed by atoms with E-state index in [2.05, 4.69) is 4.98 Å². The molecule has 0 aliphatic rings. The predicted molar refractivity (Wildman–Crippen MR) is 84.2 cm³/mol. The number of nitrogens with zero attached hydrogens (tertiary/aromatic N) is 1. The number of fused-ring (bicyclic) bond motifs is 1. The van der Waals surface area contributed by atoms with Gasteiger partial charge in [0, 0.05) is 10.6 Å². The van der Waals surface area contributed by atoms with Crippen LogP contribution in [0.25, 0.3) is 11.0 Å². The van der Waals surface area contributed by atoms with Crippen LogP contribution in [0, 0.1) is 4.77 Å². The summed E-state index contributed by atoms with van der Waals surface area (Å²) in [6.07, 6.45) is 0. The van der Waals surface area contributed by atoms with E-state index in [-0.39, 0.29) is 0 Å². The average molecular weight is 305 g/mol. The standard InChI is InChI=1S/C15H13ClN2OS/c1-19-14-5-3-2-4-10(14)9-18-13-8-11(16)6-7-12(13)17-15(18)20/h2-8H,9H2,1H3,(H,17,20). The molecule has 0 spiro atoms. The van der Waals surface area contributed by atoms with Crippen LogP contribution in [0.1, 0.15) is 5.56 Å². The van der Waals surface area contributed by atoms with Gasteiger partial charge in [0.25, 0.3) is 0 Å². The number of benzene rings is 2. The lowest BCUT2D eigenvalue weighted by Gasteiger charge is -2.09. The first-order valence-electron chi connectivity index (χ1n) is 6.19. The van der Waals surface area contributed by atoms with Gasteiger partial charge in [-0.1, -0.05) is 29.8 Å². The van der Waals surface area contributed by atoms with E-state index in [0.717, 1.165) is 22.3 Å². The summed E-state index contributed by atoms with van der Waals surface area (Å²) in [6, 6.07) is 13.6. The van der Waals surface area contributed by atoms with Gasteiger partial charge in [0.05, 0.1) is 24.7 Å². The summed E-state index contributed by atoms with van der Waals surface area (Å²) in [6.45, 7) is 0.642. The van der Waals surface area contributed by atoms with E-state index in [0.29, 0.717) is 16.3 Å². The number of imidazole rings is 1. The van der Waals surface area contributed by atoms with E-state index in [9.17, 15) is 0 Å². The Bertz CT molecular complexity index is 822. The maximum absolute atomic E-state index is 6.08. The van der Waals surface area contributed by atoms with Crippen molar-refractivity contribution in [2.24, 2.45) is 0 Å². The van der Waals surface area contributed by atoms with Crippen LogP contribution in [0.2, 0.25) is 5.02 Å². The molecule has 0 radical (unpaired) electrons. The molecule has 0 unspecified atom stereocenters. The van der Waals surface area contributed by atoms with Crippen molar-refractivity contribution >= 4 is 34.9 Å². The van der Waals surface area contributed by atoms with Gasteiger partial charge in [-0.15, -0.1) is 0 Å². The fourth-order valence-electron chi connectivity index (χ4n) is 2.29. The van der Waals surface area contributed by atoms with E-state index >= 15 is 0 Å². The van der Waals surface area contributed by atoms with Crippen molar-refractivity contribution in [2.75, 3.05) is 7.11 Å². The fourth-order valence-corrected chi connectivity index (χ4v) is 2.73. The van der Waals surface area contributed by atoms with Gasteiger partial charge in [-0.2, -0.15) is 0 Å². The van der Waals surface area contributed by atoms with E-state index < -0.39 is 0 Å². The lowest BCUT2D eigenvalue weighted by Crippen LogP contribution is -2.01. The molecule has 1 N–H and O–H groups in total. The first kappa shape index (κ1) is 13.2. The molecule has 0 atom stereocenters. The monoisotopic (exact) mass is 304 g/mol. The Kier molecular flexibility index (Phi) is 3.51.